The molecule has 19 heavy (non-hydrogen) atoms. The predicted molar refractivity (Wildman–Crippen MR) is 73.8 cm³/mol. The van der Waals surface area contributed by atoms with Gasteiger partial charge in [-0.2, -0.15) is 0 Å². The van der Waals surface area contributed by atoms with Crippen LogP contribution in [0, 0.1) is 5.82 Å². The summed E-state index contributed by atoms with van der Waals surface area (Å²) < 4.78 is 21.6. The molecule has 1 heterocycles. The highest BCUT2D eigenvalue weighted by Crippen LogP contribution is 2.41. The molecule has 0 atom stereocenters. The summed E-state index contributed by atoms with van der Waals surface area (Å²) in [4.78, 5) is 12.0. The van der Waals surface area contributed by atoms with Gasteiger partial charge in [-0.15, -0.1) is 0 Å². The zero-order valence-electron chi connectivity index (χ0n) is 10.5. The number of carbonyl (C=O) groups excluding carboxylic acids is 1. The van der Waals surface area contributed by atoms with E-state index in [9.17, 15) is 9.18 Å². The van der Waals surface area contributed by atoms with Crippen LogP contribution in [0.2, 0.25) is 0 Å². The van der Waals surface area contributed by atoms with Gasteiger partial charge in [-0.25, -0.2) is 9.18 Å². The Labute approximate surface area is 118 Å². The predicted octanol–water partition coefficient (Wildman–Crippen LogP) is 4.05. The lowest BCUT2D eigenvalue weighted by atomic mass is 10.2. The van der Waals surface area contributed by atoms with Crippen LogP contribution in [-0.4, -0.2) is 17.1 Å². The topological polar surface area (TPSA) is 31.2 Å². The van der Waals surface area contributed by atoms with Crippen molar-refractivity contribution >= 4 is 32.8 Å². The molecule has 1 fully saturated rings. The standard InChI is InChI=1S/C14H13BrFNO2/c1-2-19-14(18)13-7-10-11(16)5-8(15)6-12(10)17(13)9-3-4-9/h5-7,9H,2-4H2,1H3. The van der Waals surface area contributed by atoms with Crippen molar-refractivity contribution in [2.45, 2.75) is 25.8 Å². The fraction of sp³-hybridized carbons (Fsp3) is 0.357. The highest BCUT2D eigenvalue weighted by Gasteiger charge is 2.30. The first-order valence-corrected chi connectivity index (χ1v) is 7.08. The number of hydrogen-bond acceptors (Lipinski definition) is 2. The highest BCUT2D eigenvalue weighted by atomic mass is 79.9. The molecule has 1 aromatic heterocycles. The van der Waals surface area contributed by atoms with Gasteiger partial charge in [0.2, 0.25) is 0 Å². The first-order valence-electron chi connectivity index (χ1n) is 6.29. The maximum Gasteiger partial charge on any atom is 0.354 e. The maximum atomic E-state index is 14.0. The lowest BCUT2D eigenvalue weighted by Crippen LogP contribution is -2.11. The first-order chi connectivity index (χ1) is 9.11. The average molecular weight is 326 g/mol. The third-order valence-corrected chi connectivity index (χ3v) is 3.73. The second-order valence-electron chi connectivity index (χ2n) is 4.67. The van der Waals surface area contributed by atoms with Crippen molar-refractivity contribution in [2.24, 2.45) is 0 Å². The molecule has 0 spiro atoms. The Bertz CT molecular complexity index is 661. The molecule has 1 aromatic carbocycles. The van der Waals surface area contributed by atoms with E-state index in [1.54, 1.807) is 13.0 Å². The third kappa shape index (κ3) is 2.16. The van der Waals surface area contributed by atoms with Crippen molar-refractivity contribution in [3.63, 3.8) is 0 Å². The Morgan fingerprint density at radius 1 is 1.47 bits per heavy atom. The van der Waals surface area contributed by atoms with Crippen LogP contribution in [0.3, 0.4) is 0 Å². The Morgan fingerprint density at radius 3 is 2.84 bits per heavy atom. The SMILES string of the molecule is CCOC(=O)c1cc2c(F)cc(Br)cc2n1C1CC1. The minimum Gasteiger partial charge on any atom is -0.461 e. The van der Waals surface area contributed by atoms with Gasteiger partial charge < -0.3 is 9.30 Å². The molecule has 0 radical (unpaired) electrons. The van der Waals surface area contributed by atoms with Crippen molar-refractivity contribution in [3.8, 4) is 0 Å². The fourth-order valence-corrected chi connectivity index (χ4v) is 2.76. The van der Waals surface area contributed by atoms with Crippen LogP contribution >= 0.6 is 15.9 Å². The summed E-state index contributed by atoms with van der Waals surface area (Å²) in [5.41, 5.74) is 1.19. The van der Waals surface area contributed by atoms with E-state index in [0.717, 1.165) is 18.4 Å². The molecular weight excluding hydrogens is 313 g/mol. The van der Waals surface area contributed by atoms with Crippen LogP contribution in [0.4, 0.5) is 4.39 Å². The van der Waals surface area contributed by atoms with E-state index in [4.69, 9.17) is 4.74 Å². The quantitative estimate of drug-likeness (QED) is 0.797. The monoisotopic (exact) mass is 325 g/mol. The van der Waals surface area contributed by atoms with Crippen LogP contribution in [0.1, 0.15) is 36.3 Å². The van der Waals surface area contributed by atoms with Gasteiger partial charge in [0.05, 0.1) is 12.1 Å². The third-order valence-electron chi connectivity index (χ3n) is 3.27. The summed E-state index contributed by atoms with van der Waals surface area (Å²) in [6.45, 7) is 2.08. The van der Waals surface area contributed by atoms with Gasteiger partial charge in [0.1, 0.15) is 11.5 Å². The molecule has 5 heteroatoms. The molecule has 1 aliphatic carbocycles. The lowest BCUT2D eigenvalue weighted by molar-refractivity contribution is 0.0514. The first kappa shape index (κ1) is 12.7. The van der Waals surface area contributed by atoms with E-state index in [1.165, 1.54) is 6.07 Å². The normalized spacial score (nSPS) is 14.9. The number of nitrogens with zero attached hydrogens (tertiary/aromatic N) is 1. The summed E-state index contributed by atoms with van der Waals surface area (Å²) in [7, 11) is 0. The molecule has 0 amide bonds. The summed E-state index contributed by atoms with van der Waals surface area (Å²) in [6, 6.07) is 5.13. The van der Waals surface area contributed by atoms with Gasteiger partial charge in [0.15, 0.2) is 0 Å². The molecule has 0 N–H and O–H groups in total. The second-order valence-corrected chi connectivity index (χ2v) is 5.59. The number of carbonyl (C=O) groups is 1. The Hall–Kier alpha value is -1.36. The zero-order chi connectivity index (χ0) is 13.6. The second kappa shape index (κ2) is 4.63. The minimum atomic E-state index is -0.388. The molecule has 0 unspecified atom stereocenters. The van der Waals surface area contributed by atoms with Gasteiger partial charge in [0.25, 0.3) is 0 Å². The molecule has 1 aliphatic rings. The van der Waals surface area contributed by atoms with Crippen molar-refractivity contribution in [2.75, 3.05) is 6.61 Å². The van der Waals surface area contributed by atoms with Gasteiger partial charge in [0, 0.05) is 15.9 Å². The Kier molecular flexibility index (Phi) is 3.09. The molecular formula is C14H13BrFNO2. The number of rotatable bonds is 3. The lowest BCUT2D eigenvalue weighted by Gasteiger charge is -2.08. The molecule has 100 valence electrons. The maximum absolute atomic E-state index is 14.0. The van der Waals surface area contributed by atoms with Crippen molar-refractivity contribution in [3.05, 3.63) is 34.2 Å². The summed E-state index contributed by atoms with van der Waals surface area (Å²) in [6.07, 6.45) is 2.04. The molecule has 0 saturated heterocycles. The van der Waals surface area contributed by atoms with E-state index in [2.05, 4.69) is 15.9 Å². The number of esters is 1. The number of fused-ring (bicyclic) bond motifs is 1. The van der Waals surface area contributed by atoms with Crippen molar-refractivity contribution < 1.29 is 13.9 Å². The zero-order valence-corrected chi connectivity index (χ0v) is 12.0. The molecule has 3 nitrogen and oxygen atoms in total. The van der Waals surface area contributed by atoms with Crippen LogP contribution in [-0.2, 0) is 4.74 Å². The van der Waals surface area contributed by atoms with Crippen LogP contribution in [0.5, 0.6) is 0 Å². The summed E-state index contributed by atoms with van der Waals surface area (Å²) in [5.74, 6) is -0.713. The van der Waals surface area contributed by atoms with E-state index < -0.39 is 0 Å². The molecule has 1 saturated carbocycles. The van der Waals surface area contributed by atoms with E-state index in [-0.39, 0.29) is 17.8 Å². The number of hydrogen-bond donors (Lipinski definition) is 0. The summed E-state index contributed by atoms with van der Waals surface area (Å²) >= 11 is 3.29. The van der Waals surface area contributed by atoms with E-state index in [1.807, 2.05) is 10.6 Å². The molecule has 3 rings (SSSR count). The average Bonchev–Trinajstić information content (AvgIpc) is 3.10. The van der Waals surface area contributed by atoms with E-state index >= 15 is 0 Å². The van der Waals surface area contributed by atoms with Crippen LogP contribution in [0.25, 0.3) is 10.9 Å². The van der Waals surface area contributed by atoms with Gasteiger partial charge in [-0.3, -0.25) is 0 Å². The van der Waals surface area contributed by atoms with E-state index in [0.29, 0.717) is 22.2 Å². The number of aromatic nitrogens is 1. The Balaban J connectivity index is 2.24. The molecule has 2 aromatic rings. The molecule has 0 aliphatic heterocycles. The number of halogens is 2. The van der Waals surface area contributed by atoms with Gasteiger partial charge in [-0.05, 0) is 38.0 Å². The largest absolute Gasteiger partial charge is 0.461 e. The van der Waals surface area contributed by atoms with Crippen molar-refractivity contribution in [1.82, 2.24) is 4.57 Å². The minimum absolute atomic E-state index is 0.283. The number of benzene rings is 1. The Morgan fingerprint density at radius 2 is 2.21 bits per heavy atom. The van der Waals surface area contributed by atoms with Crippen LogP contribution in [0.15, 0.2) is 22.7 Å². The fourth-order valence-electron chi connectivity index (χ4n) is 2.34. The van der Waals surface area contributed by atoms with Gasteiger partial charge in [-0.1, -0.05) is 15.9 Å². The van der Waals surface area contributed by atoms with Crippen molar-refractivity contribution in [1.29, 1.82) is 0 Å². The van der Waals surface area contributed by atoms with Crippen LogP contribution < -0.4 is 0 Å². The highest BCUT2D eigenvalue weighted by molar-refractivity contribution is 9.10. The smallest absolute Gasteiger partial charge is 0.354 e. The summed E-state index contributed by atoms with van der Waals surface area (Å²) in [5, 5.41) is 0.471. The molecule has 0 bridgehead atoms. The van der Waals surface area contributed by atoms with Gasteiger partial charge >= 0.3 is 5.97 Å². The number of ether oxygens (including phenoxy) is 1.